The van der Waals surface area contributed by atoms with Gasteiger partial charge >= 0.3 is 6.09 Å². The minimum atomic E-state index is -0.533. The average Bonchev–Trinajstić information content (AvgIpc) is 2.71. The molecular formula is C11H19N3O3S. The number of hydrogen-bond acceptors (Lipinski definition) is 6. The maximum atomic E-state index is 11.6. The average molecular weight is 273 g/mol. The van der Waals surface area contributed by atoms with Gasteiger partial charge in [0.2, 0.25) is 0 Å². The van der Waals surface area contributed by atoms with Crippen LogP contribution in [0.15, 0.2) is 6.20 Å². The van der Waals surface area contributed by atoms with Gasteiger partial charge in [0.25, 0.3) is 5.19 Å². The number of rotatable bonds is 4. The standard InChI is InChI=1S/C11H19N3O3S/c1-11(2,3)17-9(15)14-7(5-12)8-6-13-10(16-4)18-8/h6-7H,5,12H2,1-4H3,(H,14,15). The Morgan fingerprint density at radius 2 is 2.28 bits per heavy atom. The molecule has 1 unspecified atom stereocenters. The number of thiazole rings is 1. The van der Waals surface area contributed by atoms with E-state index >= 15 is 0 Å². The molecule has 3 N–H and O–H groups in total. The van der Waals surface area contributed by atoms with Crippen LogP contribution < -0.4 is 15.8 Å². The minimum absolute atomic E-state index is 0.268. The lowest BCUT2D eigenvalue weighted by atomic mass is 10.2. The quantitative estimate of drug-likeness (QED) is 0.871. The van der Waals surface area contributed by atoms with Gasteiger partial charge in [-0.05, 0) is 20.8 Å². The molecule has 102 valence electrons. The molecule has 0 saturated heterocycles. The molecule has 1 atom stereocenters. The topological polar surface area (TPSA) is 86.5 Å². The maximum absolute atomic E-state index is 11.6. The molecule has 6 nitrogen and oxygen atoms in total. The summed E-state index contributed by atoms with van der Waals surface area (Å²) >= 11 is 1.34. The van der Waals surface area contributed by atoms with Gasteiger partial charge < -0.3 is 20.5 Å². The van der Waals surface area contributed by atoms with E-state index < -0.39 is 11.7 Å². The first kappa shape index (κ1) is 14.7. The van der Waals surface area contributed by atoms with Crippen LogP contribution in [-0.4, -0.2) is 30.3 Å². The molecule has 0 radical (unpaired) electrons. The highest BCUT2D eigenvalue weighted by Gasteiger charge is 2.21. The molecule has 1 aromatic heterocycles. The van der Waals surface area contributed by atoms with Crippen molar-refractivity contribution in [1.82, 2.24) is 10.3 Å². The molecule has 0 spiro atoms. The van der Waals surface area contributed by atoms with E-state index in [0.29, 0.717) is 5.19 Å². The molecule has 0 aliphatic heterocycles. The summed E-state index contributed by atoms with van der Waals surface area (Å²) in [6.45, 7) is 5.68. The Balaban J connectivity index is 2.64. The molecule has 0 fully saturated rings. The van der Waals surface area contributed by atoms with Crippen molar-refractivity contribution in [3.63, 3.8) is 0 Å². The molecule has 7 heteroatoms. The number of nitrogens with two attached hydrogens (primary N) is 1. The van der Waals surface area contributed by atoms with Crippen LogP contribution in [0.1, 0.15) is 31.7 Å². The largest absolute Gasteiger partial charge is 0.473 e. The first-order chi connectivity index (χ1) is 8.35. The summed E-state index contributed by atoms with van der Waals surface area (Å²) in [6.07, 6.45) is 1.14. The lowest BCUT2D eigenvalue weighted by Crippen LogP contribution is -2.37. The van der Waals surface area contributed by atoms with E-state index in [1.54, 1.807) is 34.1 Å². The molecule has 0 aromatic carbocycles. The van der Waals surface area contributed by atoms with Crippen molar-refractivity contribution >= 4 is 17.4 Å². The second-order valence-corrected chi connectivity index (χ2v) is 5.69. The van der Waals surface area contributed by atoms with Crippen molar-refractivity contribution in [2.45, 2.75) is 32.4 Å². The highest BCUT2D eigenvalue weighted by molar-refractivity contribution is 7.13. The van der Waals surface area contributed by atoms with Crippen LogP contribution in [0.3, 0.4) is 0 Å². The van der Waals surface area contributed by atoms with Crippen molar-refractivity contribution in [3.05, 3.63) is 11.1 Å². The highest BCUT2D eigenvalue weighted by atomic mass is 32.1. The Morgan fingerprint density at radius 1 is 1.61 bits per heavy atom. The summed E-state index contributed by atoms with van der Waals surface area (Å²) in [7, 11) is 1.54. The highest BCUT2D eigenvalue weighted by Crippen LogP contribution is 2.25. The summed E-state index contributed by atoms with van der Waals surface area (Å²) in [6, 6.07) is -0.318. The van der Waals surface area contributed by atoms with Gasteiger partial charge in [-0.2, -0.15) is 0 Å². The molecule has 0 aliphatic rings. The fourth-order valence-corrected chi connectivity index (χ4v) is 2.01. The van der Waals surface area contributed by atoms with Gasteiger partial charge in [-0.15, -0.1) is 0 Å². The van der Waals surface area contributed by atoms with Gasteiger partial charge in [0.1, 0.15) is 5.60 Å². The van der Waals surface area contributed by atoms with E-state index in [2.05, 4.69) is 10.3 Å². The molecule has 0 bridgehead atoms. The van der Waals surface area contributed by atoms with E-state index in [1.807, 2.05) is 0 Å². The fourth-order valence-electron chi connectivity index (χ4n) is 1.22. The second-order valence-electron chi connectivity index (χ2n) is 4.67. The number of nitrogens with zero attached hydrogens (tertiary/aromatic N) is 1. The van der Waals surface area contributed by atoms with Gasteiger partial charge in [-0.1, -0.05) is 11.3 Å². The van der Waals surface area contributed by atoms with Crippen LogP contribution in [0.5, 0.6) is 5.19 Å². The van der Waals surface area contributed by atoms with E-state index in [9.17, 15) is 4.79 Å². The Kier molecular flexibility index (Phi) is 4.92. The monoisotopic (exact) mass is 273 g/mol. The number of amides is 1. The third-order valence-corrected chi connectivity index (χ3v) is 3.02. The Morgan fingerprint density at radius 3 is 2.72 bits per heavy atom. The van der Waals surface area contributed by atoms with Crippen molar-refractivity contribution in [2.24, 2.45) is 5.73 Å². The van der Waals surface area contributed by atoms with Crippen LogP contribution in [0.2, 0.25) is 0 Å². The molecule has 1 rings (SSSR count). The summed E-state index contributed by atoms with van der Waals surface area (Å²) in [5.74, 6) is 0. The van der Waals surface area contributed by atoms with E-state index in [0.717, 1.165) is 4.88 Å². The third kappa shape index (κ3) is 4.50. The fraction of sp³-hybridized carbons (Fsp3) is 0.636. The predicted octanol–water partition coefficient (Wildman–Crippen LogP) is 1.68. The van der Waals surface area contributed by atoms with E-state index in [4.69, 9.17) is 15.2 Å². The number of carbonyl (C=O) groups excluding carboxylic acids is 1. The molecule has 1 aromatic rings. The molecule has 1 amide bonds. The summed E-state index contributed by atoms with van der Waals surface area (Å²) in [4.78, 5) is 16.5. The van der Waals surface area contributed by atoms with Gasteiger partial charge in [0.15, 0.2) is 0 Å². The van der Waals surface area contributed by atoms with E-state index in [-0.39, 0.29) is 12.6 Å². The number of ether oxygens (including phenoxy) is 2. The van der Waals surface area contributed by atoms with Crippen LogP contribution in [0, 0.1) is 0 Å². The SMILES string of the molecule is COc1ncc(C(CN)NC(=O)OC(C)(C)C)s1. The molecule has 0 aliphatic carbocycles. The molecule has 0 saturated carbocycles. The second kappa shape index (κ2) is 6.01. The summed E-state index contributed by atoms with van der Waals surface area (Å²) in [5.41, 5.74) is 5.10. The first-order valence-electron chi connectivity index (χ1n) is 5.55. The van der Waals surface area contributed by atoms with Crippen LogP contribution in [0.4, 0.5) is 4.79 Å². The number of methoxy groups -OCH3 is 1. The number of aromatic nitrogens is 1. The van der Waals surface area contributed by atoms with Crippen LogP contribution in [0.25, 0.3) is 0 Å². The van der Waals surface area contributed by atoms with Crippen molar-refractivity contribution < 1.29 is 14.3 Å². The van der Waals surface area contributed by atoms with Crippen molar-refractivity contribution in [1.29, 1.82) is 0 Å². The van der Waals surface area contributed by atoms with E-state index in [1.165, 1.54) is 11.3 Å². The zero-order chi connectivity index (χ0) is 13.8. The summed E-state index contributed by atoms with van der Waals surface area (Å²) in [5, 5.41) is 3.24. The van der Waals surface area contributed by atoms with Gasteiger partial charge in [-0.25, -0.2) is 9.78 Å². The normalized spacial score (nSPS) is 12.9. The molecule has 1 heterocycles. The van der Waals surface area contributed by atoms with Gasteiger partial charge in [-0.3, -0.25) is 0 Å². The predicted molar refractivity (Wildman–Crippen MR) is 69.8 cm³/mol. The Bertz CT molecular complexity index is 400. The molecule has 18 heavy (non-hydrogen) atoms. The van der Waals surface area contributed by atoms with Crippen molar-refractivity contribution in [3.8, 4) is 5.19 Å². The number of hydrogen-bond donors (Lipinski definition) is 2. The Labute approximate surface area is 110 Å². The number of nitrogens with one attached hydrogen (secondary N) is 1. The van der Waals surface area contributed by atoms with Crippen LogP contribution in [-0.2, 0) is 4.74 Å². The zero-order valence-corrected chi connectivity index (χ0v) is 11.8. The lowest BCUT2D eigenvalue weighted by Gasteiger charge is -2.22. The van der Waals surface area contributed by atoms with Gasteiger partial charge in [0, 0.05) is 12.7 Å². The minimum Gasteiger partial charge on any atom is -0.473 e. The smallest absolute Gasteiger partial charge is 0.408 e. The van der Waals surface area contributed by atoms with Crippen molar-refractivity contribution in [2.75, 3.05) is 13.7 Å². The number of alkyl carbamates (subject to hydrolysis) is 1. The van der Waals surface area contributed by atoms with Crippen LogP contribution >= 0.6 is 11.3 Å². The summed E-state index contributed by atoms with van der Waals surface area (Å²) < 4.78 is 10.2. The Hall–Kier alpha value is -1.34. The maximum Gasteiger partial charge on any atom is 0.408 e. The number of carbonyl (C=O) groups is 1. The third-order valence-electron chi connectivity index (χ3n) is 1.95. The molecular weight excluding hydrogens is 254 g/mol. The zero-order valence-electron chi connectivity index (χ0n) is 11.0. The lowest BCUT2D eigenvalue weighted by molar-refractivity contribution is 0.0506. The van der Waals surface area contributed by atoms with Gasteiger partial charge in [0.05, 0.1) is 18.0 Å². The first-order valence-corrected chi connectivity index (χ1v) is 6.36.